The molecule has 0 aliphatic heterocycles. The van der Waals surface area contributed by atoms with Crippen molar-refractivity contribution in [1.82, 2.24) is 24.8 Å². The van der Waals surface area contributed by atoms with Crippen LogP contribution in [0.5, 0.6) is 0 Å². The van der Waals surface area contributed by atoms with Crippen LogP contribution in [0.3, 0.4) is 0 Å². The van der Waals surface area contributed by atoms with Gasteiger partial charge in [-0.2, -0.15) is 0 Å². The van der Waals surface area contributed by atoms with Crippen molar-refractivity contribution < 1.29 is 4.79 Å². The minimum Gasteiger partial charge on any atom is -0.348 e. The van der Waals surface area contributed by atoms with Crippen LogP contribution in [0.4, 0.5) is 0 Å². The average Bonchev–Trinajstić information content (AvgIpc) is 3.10. The molecule has 0 spiro atoms. The summed E-state index contributed by atoms with van der Waals surface area (Å²) in [5.74, 6) is -0.295. The van der Waals surface area contributed by atoms with E-state index in [1.165, 1.54) is 6.20 Å². The van der Waals surface area contributed by atoms with Gasteiger partial charge in [0, 0.05) is 24.0 Å². The SMILES string of the molecule is Cc1cc(C)c(CNC(=O)c2cnc3c(c2)ncn3Cc2ccccc2)c(=O)[nH]1. The third kappa shape index (κ3) is 3.94. The Hall–Kier alpha value is -3.74. The van der Waals surface area contributed by atoms with E-state index in [9.17, 15) is 9.59 Å². The Morgan fingerprint density at radius 1 is 1.14 bits per heavy atom. The van der Waals surface area contributed by atoms with Crippen molar-refractivity contribution in [2.24, 2.45) is 0 Å². The Morgan fingerprint density at radius 2 is 1.93 bits per heavy atom. The number of nitrogens with one attached hydrogen (secondary N) is 2. The average molecular weight is 387 g/mol. The molecule has 0 aliphatic rings. The van der Waals surface area contributed by atoms with Gasteiger partial charge < -0.3 is 14.9 Å². The highest BCUT2D eigenvalue weighted by Gasteiger charge is 2.12. The first-order chi connectivity index (χ1) is 14.0. The molecule has 0 saturated carbocycles. The van der Waals surface area contributed by atoms with Crippen LogP contribution in [0, 0.1) is 13.8 Å². The summed E-state index contributed by atoms with van der Waals surface area (Å²) in [5.41, 5.74) is 4.93. The monoisotopic (exact) mass is 387 g/mol. The molecule has 0 aliphatic carbocycles. The van der Waals surface area contributed by atoms with Gasteiger partial charge in [0.25, 0.3) is 11.5 Å². The molecule has 0 bridgehead atoms. The smallest absolute Gasteiger partial charge is 0.253 e. The normalized spacial score (nSPS) is 11.0. The second kappa shape index (κ2) is 7.71. The zero-order valence-corrected chi connectivity index (χ0v) is 16.3. The number of hydrogen-bond acceptors (Lipinski definition) is 4. The number of pyridine rings is 2. The number of aromatic nitrogens is 4. The van der Waals surface area contributed by atoms with Gasteiger partial charge in [-0.05, 0) is 37.1 Å². The first-order valence-corrected chi connectivity index (χ1v) is 9.33. The van der Waals surface area contributed by atoms with E-state index in [0.29, 0.717) is 23.2 Å². The summed E-state index contributed by atoms with van der Waals surface area (Å²) in [7, 11) is 0. The molecule has 4 aromatic rings. The largest absolute Gasteiger partial charge is 0.348 e. The number of fused-ring (bicyclic) bond motifs is 1. The zero-order valence-electron chi connectivity index (χ0n) is 16.3. The number of amides is 1. The highest BCUT2D eigenvalue weighted by atomic mass is 16.1. The Morgan fingerprint density at radius 3 is 2.69 bits per heavy atom. The molecule has 29 heavy (non-hydrogen) atoms. The van der Waals surface area contributed by atoms with E-state index >= 15 is 0 Å². The molecule has 1 amide bonds. The highest BCUT2D eigenvalue weighted by Crippen LogP contribution is 2.14. The lowest BCUT2D eigenvalue weighted by molar-refractivity contribution is 0.0950. The number of aromatic amines is 1. The second-order valence-electron chi connectivity index (χ2n) is 7.05. The summed E-state index contributed by atoms with van der Waals surface area (Å²) >= 11 is 0. The van der Waals surface area contributed by atoms with Crippen molar-refractivity contribution in [3.8, 4) is 0 Å². The predicted octanol–water partition coefficient (Wildman–Crippen LogP) is 2.71. The first kappa shape index (κ1) is 18.6. The predicted molar refractivity (Wildman–Crippen MR) is 111 cm³/mol. The molecule has 3 heterocycles. The van der Waals surface area contributed by atoms with Gasteiger partial charge in [0.15, 0.2) is 5.65 Å². The minimum atomic E-state index is -0.295. The van der Waals surface area contributed by atoms with E-state index in [1.807, 2.05) is 54.8 Å². The van der Waals surface area contributed by atoms with Crippen LogP contribution in [-0.2, 0) is 13.1 Å². The van der Waals surface area contributed by atoms with Crippen molar-refractivity contribution in [2.75, 3.05) is 0 Å². The van der Waals surface area contributed by atoms with Crippen LogP contribution in [0.1, 0.15) is 32.7 Å². The molecule has 0 radical (unpaired) electrons. The molecule has 2 N–H and O–H groups in total. The molecule has 7 heteroatoms. The minimum absolute atomic E-state index is 0.154. The maximum atomic E-state index is 12.6. The first-order valence-electron chi connectivity index (χ1n) is 9.33. The summed E-state index contributed by atoms with van der Waals surface area (Å²) in [5, 5.41) is 2.79. The molecule has 0 unspecified atom stereocenters. The molecule has 146 valence electrons. The number of aryl methyl sites for hydroxylation is 2. The van der Waals surface area contributed by atoms with Gasteiger partial charge in [0.1, 0.15) is 5.52 Å². The van der Waals surface area contributed by atoms with Crippen molar-refractivity contribution in [3.05, 3.63) is 93.3 Å². The maximum absolute atomic E-state index is 12.6. The Balaban J connectivity index is 1.51. The van der Waals surface area contributed by atoms with Gasteiger partial charge >= 0.3 is 0 Å². The quantitative estimate of drug-likeness (QED) is 0.551. The fraction of sp³-hybridized carbons (Fsp3) is 0.182. The lowest BCUT2D eigenvalue weighted by Crippen LogP contribution is -2.28. The fourth-order valence-corrected chi connectivity index (χ4v) is 3.34. The number of nitrogens with zero attached hydrogens (tertiary/aromatic N) is 3. The van der Waals surface area contributed by atoms with Gasteiger partial charge in [-0.15, -0.1) is 0 Å². The zero-order chi connectivity index (χ0) is 20.4. The van der Waals surface area contributed by atoms with Crippen molar-refractivity contribution in [2.45, 2.75) is 26.9 Å². The summed E-state index contributed by atoms with van der Waals surface area (Å²) < 4.78 is 1.95. The molecule has 0 atom stereocenters. The molecule has 0 fully saturated rings. The lowest BCUT2D eigenvalue weighted by atomic mass is 10.1. The molecule has 0 saturated heterocycles. The third-order valence-electron chi connectivity index (χ3n) is 4.83. The summed E-state index contributed by atoms with van der Waals surface area (Å²) in [6.07, 6.45) is 3.26. The van der Waals surface area contributed by atoms with E-state index in [-0.39, 0.29) is 18.0 Å². The number of hydrogen-bond donors (Lipinski definition) is 2. The number of rotatable bonds is 5. The van der Waals surface area contributed by atoms with Crippen molar-refractivity contribution in [1.29, 1.82) is 0 Å². The van der Waals surface area contributed by atoms with Gasteiger partial charge in [-0.25, -0.2) is 9.97 Å². The van der Waals surface area contributed by atoms with Crippen LogP contribution in [-0.4, -0.2) is 25.4 Å². The number of carbonyl (C=O) groups excluding carboxylic acids is 1. The summed E-state index contributed by atoms with van der Waals surface area (Å²) in [6.45, 7) is 4.50. The number of benzene rings is 1. The van der Waals surface area contributed by atoms with Crippen molar-refractivity contribution in [3.63, 3.8) is 0 Å². The number of carbonyl (C=O) groups is 1. The van der Waals surface area contributed by atoms with Crippen LogP contribution in [0.15, 0.2) is 59.8 Å². The van der Waals surface area contributed by atoms with E-state index in [1.54, 1.807) is 12.4 Å². The Kier molecular flexibility index (Phi) is 4.95. The Labute approximate surface area is 167 Å². The van der Waals surface area contributed by atoms with Gasteiger partial charge in [0.05, 0.1) is 18.4 Å². The van der Waals surface area contributed by atoms with Crippen LogP contribution >= 0.6 is 0 Å². The van der Waals surface area contributed by atoms with Crippen LogP contribution in [0.2, 0.25) is 0 Å². The standard InChI is InChI=1S/C22H21N5O2/c1-14-8-15(2)26-22(29)18(14)11-24-21(28)17-9-19-20(23-10-17)27(13-25-19)12-16-6-4-3-5-7-16/h3-10,13H,11-12H2,1-2H3,(H,24,28)(H,26,29). The lowest BCUT2D eigenvalue weighted by Gasteiger charge is -2.08. The molecule has 3 aromatic heterocycles. The summed E-state index contributed by atoms with van der Waals surface area (Å²) in [6, 6.07) is 13.6. The van der Waals surface area contributed by atoms with Gasteiger partial charge in [-0.3, -0.25) is 9.59 Å². The topological polar surface area (TPSA) is 92.7 Å². The molecular weight excluding hydrogens is 366 g/mol. The second-order valence-corrected chi connectivity index (χ2v) is 7.05. The molecule has 1 aromatic carbocycles. The molecular formula is C22H21N5O2. The van der Waals surface area contributed by atoms with Gasteiger partial charge in [0.2, 0.25) is 0 Å². The van der Waals surface area contributed by atoms with Crippen LogP contribution in [0.25, 0.3) is 11.2 Å². The molecule has 4 rings (SSSR count). The number of imidazole rings is 1. The molecule has 7 nitrogen and oxygen atoms in total. The fourth-order valence-electron chi connectivity index (χ4n) is 3.34. The van der Waals surface area contributed by atoms with Crippen molar-refractivity contribution >= 4 is 17.1 Å². The maximum Gasteiger partial charge on any atom is 0.253 e. The van der Waals surface area contributed by atoms with Crippen LogP contribution < -0.4 is 10.9 Å². The highest BCUT2D eigenvalue weighted by molar-refractivity contribution is 5.96. The van der Waals surface area contributed by atoms with E-state index < -0.39 is 0 Å². The van der Waals surface area contributed by atoms with E-state index in [4.69, 9.17) is 0 Å². The Bertz CT molecular complexity index is 1240. The number of H-pyrrole nitrogens is 1. The van der Waals surface area contributed by atoms with E-state index in [2.05, 4.69) is 20.3 Å². The van der Waals surface area contributed by atoms with E-state index in [0.717, 1.165) is 22.5 Å². The third-order valence-corrected chi connectivity index (χ3v) is 4.83. The van der Waals surface area contributed by atoms with Gasteiger partial charge in [-0.1, -0.05) is 30.3 Å². The summed E-state index contributed by atoms with van der Waals surface area (Å²) in [4.78, 5) is 36.2.